The van der Waals surface area contributed by atoms with Crippen LogP contribution in [0.3, 0.4) is 0 Å². The van der Waals surface area contributed by atoms with Crippen LogP contribution in [0.1, 0.15) is 46.0 Å². The number of hydrogen-bond acceptors (Lipinski definition) is 4. The third-order valence-corrected chi connectivity index (χ3v) is 3.28. The summed E-state index contributed by atoms with van der Waals surface area (Å²) in [5.74, 6) is -0.371. The molecule has 4 nitrogen and oxygen atoms in total. The molecular formula is C14H22O4. The molecule has 1 saturated carbocycles. The molecule has 1 atom stereocenters. The normalized spacial score (nSPS) is 24.2. The summed E-state index contributed by atoms with van der Waals surface area (Å²) in [6, 6.07) is 0. The van der Waals surface area contributed by atoms with Gasteiger partial charge in [0.25, 0.3) is 0 Å². The third kappa shape index (κ3) is 3.34. The number of allylic oxidation sites excluding steroid dienone is 1. The summed E-state index contributed by atoms with van der Waals surface area (Å²) in [6.45, 7) is 4.53. The lowest BCUT2D eigenvalue weighted by Crippen LogP contribution is -2.42. The molecule has 0 spiro atoms. The van der Waals surface area contributed by atoms with E-state index >= 15 is 0 Å². The molecule has 102 valence electrons. The maximum Gasteiger partial charge on any atom is 0.319 e. The Kier molecular flexibility index (Phi) is 5.89. The number of ketones is 1. The number of esters is 1. The van der Waals surface area contributed by atoms with Crippen molar-refractivity contribution in [2.75, 3.05) is 13.2 Å². The largest absolute Gasteiger partial charge is 0.502 e. The van der Waals surface area contributed by atoms with Crippen LogP contribution in [0.5, 0.6) is 0 Å². The first-order valence-electron chi connectivity index (χ1n) is 6.64. The summed E-state index contributed by atoms with van der Waals surface area (Å²) in [5.41, 5.74) is -0.970. The summed E-state index contributed by atoms with van der Waals surface area (Å²) in [5, 5.41) is 0. The van der Waals surface area contributed by atoms with Gasteiger partial charge < -0.3 is 9.47 Å². The number of ether oxygens (including phenoxy) is 2. The number of Topliss-reactive ketones (excluding diaryl/α,β-unsaturated/α-hetero) is 1. The Labute approximate surface area is 108 Å². The predicted molar refractivity (Wildman–Crippen MR) is 67.9 cm³/mol. The Morgan fingerprint density at radius 1 is 1.33 bits per heavy atom. The molecule has 0 heterocycles. The molecule has 0 amide bonds. The number of hydrogen-bond donors (Lipinski definition) is 0. The van der Waals surface area contributed by atoms with Crippen molar-refractivity contribution in [1.29, 1.82) is 0 Å². The standard InChI is InChI=1S/C14H22O4/c1-3-17-11-7-10-14(13(16)18-4-2)9-6-5-8-12(14)15/h7,11H,3-6,8-10H2,1-2H3/b11-7-. The zero-order valence-electron chi connectivity index (χ0n) is 11.2. The number of carbonyl (C=O) groups is 2. The third-order valence-electron chi connectivity index (χ3n) is 3.28. The van der Waals surface area contributed by atoms with Gasteiger partial charge in [0, 0.05) is 6.42 Å². The second kappa shape index (κ2) is 7.19. The van der Waals surface area contributed by atoms with E-state index in [1.807, 2.05) is 6.92 Å². The van der Waals surface area contributed by atoms with Crippen molar-refractivity contribution < 1.29 is 19.1 Å². The highest BCUT2D eigenvalue weighted by Crippen LogP contribution is 2.38. The first-order valence-corrected chi connectivity index (χ1v) is 6.64. The van der Waals surface area contributed by atoms with Crippen LogP contribution in [-0.2, 0) is 19.1 Å². The fourth-order valence-electron chi connectivity index (χ4n) is 2.29. The van der Waals surface area contributed by atoms with E-state index in [4.69, 9.17) is 9.47 Å². The Morgan fingerprint density at radius 3 is 2.72 bits per heavy atom. The van der Waals surface area contributed by atoms with E-state index in [1.54, 1.807) is 19.3 Å². The summed E-state index contributed by atoms with van der Waals surface area (Å²) in [4.78, 5) is 24.2. The molecule has 0 radical (unpaired) electrons. The minimum atomic E-state index is -0.970. The zero-order valence-corrected chi connectivity index (χ0v) is 11.2. The summed E-state index contributed by atoms with van der Waals surface area (Å²) >= 11 is 0. The molecule has 0 bridgehead atoms. The van der Waals surface area contributed by atoms with Gasteiger partial charge in [-0.25, -0.2) is 0 Å². The Balaban J connectivity index is 2.79. The lowest BCUT2D eigenvalue weighted by atomic mass is 9.71. The molecule has 0 saturated heterocycles. The van der Waals surface area contributed by atoms with Crippen molar-refractivity contribution in [3.8, 4) is 0 Å². The molecule has 0 aromatic heterocycles. The molecule has 4 heteroatoms. The van der Waals surface area contributed by atoms with Crippen LogP contribution >= 0.6 is 0 Å². The molecule has 1 rings (SSSR count). The molecule has 0 aromatic carbocycles. The number of carbonyl (C=O) groups excluding carboxylic acids is 2. The Bertz CT molecular complexity index is 322. The number of rotatable bonds is 6. The Morgan fingerprint density at radius 2 is 2.11 bits per heavy atom. The van der Waals surface area contributed by atoms with Crippen molar-refractivity contribution in [2.45, 2.75) is 46.0 Å². The van der Waals surface area contributed by atoms with Crippen LogP contribution in [-0.4, -0.2) is 25.0 Å². The van der Waals surface area contributed by atoms with Gasteiger partial charge in [0.05, 0.1) is 19.5 Å². The lowest BCUT2D eigenvalue weighted by molar-refractivity contribution is -0.162. The zero-order chi connectivity index (χ0) is 13.4. The molecule has 0 N–H and O–H groups in total. The van der Waals surface area contributed by atoms with Crippen LogP contribution < -0.4 is 0 Å². The van der Waals surface area contributed by atoms with Crippen LogP contribution in [0.2, 0.25) is 0 Å². The fourth-order valence-corrected chi connectivity index (χ4v) is 2.29. The van der Waals surface area contributed by atoms with E-state index in [9.17, 15) is 9.59 Å². The van der Waals surface area contributed by atoms with Gasteiger partial charge in [-0.3, -0.25) is 9.59 Å². The smallest absolute Gasteiger partial charge is 0.319 e. The van der Waals surface area contributed by atoms with Crippen LogP contribution in [0.25, 0.3) is 0 Å². The SMILES string of the molecule is CCO/C=C\CC1(C(=O)OCC)CCCCC1=O. The Hall–Kier alpha value is -1.32. The molecule has 0 aliphatic heterocycles. The highest BCUT2D eigenvalue weighted by Gasteiger charge is 2.46. The quantitative estimate of drug-likeness (QED) is 0.415. The van der Waals surface area contributed by atoms with E-state index in [0.29, 0.717) is 32.5 Å². The van der Waals surface area contributed by atoms with E-state index in [0.717, 1.165) is 12.8 Å². The van der Waals surface area contributed by atoms with Crippen LogP contribution in [0, 0.1) is 5.41 Å². The maximum absolute atomic E-state index is 12.1. The monoisotopic (exact) mass is 254 g/mol. The van der Waals surface area contributed by atoms with Crippen molar-refractivity contribution in [3.05, 3.63) is 12.3 Å². The summed E-state index contributed by atoms with van der Waals surface area (Å²) in [7, 11) is 0. The second-order valence-electron chi connectivity index (χ2n) is 4.46. The first-order chi connectivity index (χ1) is 8.67. The van der Waals surface area contributed by atoms with E-state index in [2.05, 4.69) is 0 Å². The molecule has 0 aromatic rings. The predicted octanol–water partition coefficient (Wildman–Crippen LogP) is 2.62. The van der Waals surface area contributed by atoms with E-state index in [-0.39, 0.29) is 11.8 Å². The van der Waals surface area contributed by atoms with Crippen molar-refractivity contribution in [2.24, 2.45) is 5.41 Å². The average molecular weight is 254 g/mol. The van der Waals surface area contributed by atoms with Crippen molar-refractivity contribution >= 4 is 11.8 Å². The van der Waals surface area contributed by atoms with Gasteiger partial charge >= 0.3 is 5.97 Å². The van der Waals surface area contributed by atoms with E-state index in [1.165, 1.54) is 0 Å². The van der Waals surface area contributed by atoms with Gasteiger partial charge in [-0.1, -0.05) is 6.42 Å². The molecule has 1 aliphatic carbocycles. The van der Waals surface area contributed by atoms with E-state index < -0.39 is 5.41 Å². The van der Waals surface area contributed by atoms with Crippen molar-refractivity contribution in [1.82, 2.24) is 0 Å². The highest BCUT2D eigenvalue weighted by molar-refractivity contribution is 6.04. The molecular weight excluding hydrogens is 232 g/mol. The second-order valence-corrected chi connectivity index (χ2v) is 4.46. The molecule has 18 heavy (non-hydrogen) atoms. The molecule has 1 aliphatic rings. The van der Waals surface area contributed by atoms with Gasteiger partial charge in [0.2, 0.25) is 0 Å². The van der Waals surface area contributed by atoms with Gasteiger partial charge in [-0.15, -0.1) is 0 Å². The lowest BCUT2D eigenvalue weighted by Gasteiger charge is -2.32. The first kappa shape index (κ1) is 14.7. The molecule has 1 unspecified atom stereocenters. The van der Waals surface area contributed by atoms with Gasteiger partial charge in [0.1, 0.15) is 5.41 Å². The highest BCUT2D eigenvalue weighted by atomic mass is 16.5. The average Bonchev–Trinajstić information content (AvgIpc) is 2.37. The fraction of sp³-hybridized carbons (Fsp3) is 0.714. The molecule has 1 fully saturated rings. The maximum atomic E-state index is 12.1. The van der Waals surface area contributed by atoms with Gasteiger partial charge in [0.15, 0.2) is 5.78 Å². The van der Waals surface area contributed by atoms with Gasteiger partial charge in [-0.2, -0.15) is 0 Å². The summed E-state index contributed by atoms with van der Waals surface area (Å²) < 4.78 is 10.2. The van der Waals surface area contributed by atoms with Crippen LogP contribution in [0.15, 0.2) is 12.3 Å². The minimum absolute atomic E-state index is 0.00773. The minimum Gasteiger partial charge on any atom is -0.502 e. The van der Waals surface area contributed by atoms with Crippen LogP contribution in [0.4, 0.5) is 0 Å². The summed E-state index contributed by atoms with van der Waals surface area (Å²) in [6.07, 6.45) is 6.52. The van der Waals surface area contributed by atoms with Crippen molar-refractivity contribution in [3.63, 3.8) is 0 Å². The topological polar surface area (TPSA) is 52.6 Å². The van der Waals surface area contributed by atoms with Gasteiger partial charge in [-0.05, 0) is 39.2 Å².